The molecule has 0 aliphatic carbocycles. The second kappa shape index (κ2) is 5.32. The van der Waals surface area contributed by atoms with Gasteiger partial charge in [0.1, 0.15) is 5.82 Å². The third-order valence-electron chi connectivity index (χ3n) is 3.20. The first kappa shape index (κ1) is 14.0. The molecule has 2 aromatic rings. The molecule has 0 aliphatic heterocycles. The van der Waals surface area contributed by atoms with E-state index in [0.29, 0.717) is 11.3 Å². The molecule has 0 saturated heterocycles. The fourth-order valence-electron chi connectivity index (χ4n) is 2.04. The minimum absolute atomic E-state index is 0.155. The van der Waals surface area contributed by atoms with Crippen molar-refractivity contribution in [2.75, 3.05) is 5.32 Å². The number of para-hydroxylation sites is 1. The SMILES string of the molecule is Cc1cccc(F)c1NCc1cn(C)c(=O)n(C)c1=O. The number of rotatable bonds is 3. The first-order chi connectivity index (χ1) is 9.41. The van der Waals surface area contributed by atoms with Gasteiger partial charge < -0.3 is 9.88 Å². The first-order valence-corrected chi connectivity index (χ1v) is 6.16. The number of halogens is 1. The summed E-state index contributed by atoms with van der Waals surface area (Å²) in [6, 6.07) is 4.76. The lowest BCUT2D eigenvalue weighted by Crippen LogP contribution is -2.38. The Balaban J connectivity index is 2.33. The number of nitrogens with zero attached hydrogens (tertiary/aromatic N) is 2. The zero-order valence-electron chi connectivity index (χ0n) is 11.6. The summed E-state index contributed by atoms with van der Waals surface area (Å²) in [5, 5.41) is 2.91. The Morgan fingerprint density at radius 3 is 2.60 bits per heavy atom. The number of anilines is 1. The highest BCUT2D eigenvalue weighted by Gasteiger charge is 2.09. The van der Waals surface area contributed by atoms with E-state index in [1.807, 2.05) is 0 Å². The number of hydrogen-bond acceptors (Lipinski definition) is 3. The zero-order valence-corrected chi connectivity index (χ0v) is 11.6. The quantitative estimate of drug-likeness (QED) is 0.915. The van der Waals surface area contributed by atoms with Crippen LogP contribution in [-0.4, -0.2) is 9.13 Å². The summed E-state index contributed by atoms with van der Waals surface area (Å²) in [4.78, 5) is 23.5. The number of benzene rings is 1. The van der Waals surface area contributed by atoms with Crippen LogP contribution in [0.5, 0.6) is 0 Å². The van der Waals surface area contributed by atoms with E-state index in [0.717, 1.165) is 10.1 Å². The van der Waals surface area contributed by atoms with Crippen LogP contribution in [0.15, 0.2) is 34.0 Å². The van der Waals surface area contributed by atoms with Crippen LogP contribution in [0.4, 0.5) is 10.1 Å². The predicted octanol–water partition coefficient (Wildman–Crippen LogP) is 1.14. The average Bonchev–Trinajstić information content (AvgIpc) is 2.41. The normalized spacial score (nSPS) is 10.6. The average molecular weight is 277 g/mol. The maximum absolute atomic E-state index is 13.7. The van der Waals surface area contributed by atoms with Gasteiger partial charge in [0.15, 0.2) is 0 Å². The van der Waals surface area contributed by atoms with Gasteiger partial charge in [-0.05, 0) is 18.6 Å². The highest BCUT2D eigenvalue weighted by atomic mass is 19.1. The molecule has 1 aromatic carbocycles. The molecule has 1 N–H and O–H groups in total. The zero-order chi connectivity index (χ0) is 14.9. The van der Waals surface area contributed by atoms with Crippen molar-refractivity contribution in [3.05, 3.63) is 62.2 Å². The Labute approximate surface area is 115 Å². The molecule has 1 heterocycles. The van der Waals surface area contributed by atoms with E-state index in [9.17, 15) is 14.0 Å². The Morgan fingerprint density at radius 1 is 1.25 bits per heavy atom. The lowest BCUT2D eigenvalue weighted by Gasteiger charge is -2.11. The van der Waals surface area contributed by atoms with Crippen LogP contribution in [0.25, 0.3) is 0 Å². The van der Waals surface area contributed by atoms with E-state index in [-0.39, 0.29) is 23.6 Å². The van der Waals surface area contributed by atoms with Gasteiger partial charge in [-0.2, -0.15) is 0 Å². The molecule has 1 aromatic heterocycles. The van der Waals surface area contributed by atoms with Gasteiger partial charge in [-0.1, -0.05) is 12.1 Å². The van der Waals surface area contributed by atoms with Gasteiger partial charge in [-0.3, -0.25) is 9.36 Å². The molecule has 5 nitrogen and oxygen atoms in total. The van der Waals surface area contributed by atoms with Crippen molar-refractivity contribution in [1.29, 1.82) is 0 Å². The molecule has 2 rings (SSSR count). The molecule has 0 saturated carbocycles. The van der Waals surface area contributed by atoms with Gasteiger partial charge in [0.05, 0.1) is 11.3 Å². The van der Waals surface area contributed by atoms with E-state index in [1.54, 1.807) is 26.1 Å². The molecule has 0 unspecified atom stereocenters. The summed E-state index contributed by atoms with van der Waals surface area (Å²) in [5.41, 5.74) is 0.753. The lowest BCUT2D eigenvalue weighted by atomic mass is 10.2. The largest absolute Gasteiger partial charge is 0.378 e. The smallest absolute Gasteiger partial charge is 0.330 e. The lowest BCUT2D eigenvalue weighted by molar-refractivity contribution is 0.628. The summed E-state index contributed by atoms with van der Waals surface area (Å²) < 4.78 is 16.0. The minimum atomic E-state index is -0.388. The Morgan fingerprint density at radius 2 is 1.95 bits per heavy atom. The third-order valence-corrected chi connectivity index (χ3v) is 3.20. The predicted molar refractivity (Wildman–Crippen MR) is 75.4 cm³/mol. The number of aryl methyl sites for hydroxylation is 2. The highest BCUT2D eigenvalue weighted by Crippen LogP contribution is 2.18. The number of aromatic nitrogens is 2. The molecule has 0 atom stereocenters. The van der Waals surface area contributed by atoms with Crippen molar-refractivity contribution in [2.45, 2.75) is 13.5 Å². The van der Waals surface area contributed by atoms with Crippen molar-refractivity contribution in [3.63, 3.8) is 0 Å². The minimum Gasteiger partial charge on any atom is -0.378 e. The van der Waals surface area contributed by atoms with Gasteiger partial charge in [-0.15, -0.1) is 0 Å². The van der Waals surface area contributed by atoms with Gasteiger partial charge in [0.2, 0.25) is 0 Å². The van der Waals surface area contributed by atoms with Crippen LogP contribution in [0.3, 0.4) is 0 Å². The summed E-state index contributed by atoms with van der Waals surface area (Å²) >= 11 is 0. The van der Waals surface area contributed by atoms with E-state index in [2.05, 4.69) is 5.32 Å². The van der Waals surface area contributed by atoms with Gasteiger partial charge in [-0.25, -0.2) is 9.18 Å². The van der Waals surface area contributed by atoms with Gasteiger partial charge in [0.25, 0.3) is 5.56 Å². The van der Waals surface area contributed by atoms with Crippen LogP contribution < -0.4 is 16.6 Å². The summed E-state index contributed by atoms with van der Waals surface area (Å²) in [6.45, 7) is 1.94. The van der Waals surface area contributed by atoms with Gasteiger partial charge >= 0.3 is 5.69 Å². The Hall–Kier alpha value is -2.37. The highest BCUT2D eigenvalue weighted by molar-refractivity contribution is 5.51. The van der Waals surface area contributed by atoms with Crippen LogP contribution in [0.2, 0.25) is 0 Å². The molecule has 106 valence electrons. The molecule has 0 spiro atoms. The first-order valence-electron chi connectivity index (χ1n) is 6.16. The van der Waals surface area contributed by atoms with Crippen molar-refractivity contribution in [1.82, 2.24) is 9.13 Å². The van der Waals surface area contributed by atoms with Crippen LogP contribution in [0.1, 0.15) is 11.1 Å². The van der Waals surface area contributed by atoms with E-state index < -0.39 is 0 Å². The third kappa shape index (κ3) is 2.49. The van der Waals surface area contributed by atoms with Crippen LogP contribution in [0, 0.1) is 12.7 Å². The molecular weight excluding hydrogens is 261 g/mol. The van der Waals surface area contributed by atoms with Crippen molar-refractivity contribution < 1.29 is 4.39 Å². The maximum atomic E-state index is 13.7. The van der Waals surface area contributed by atoms with Crippen molar-refractivity contribution >= 4 is 5.69 Å². The molecule has 0 fully saturated rings. The second-order valence-corrected chi connectivity index (χ2v) is 4.70. The van der Waals surface area contributed by atoms with Crippen molar-refractivity contribution in [3.8, 4) is 0 Å². The standard InChI is InChI=1S/C14H16FN3O2/c1-9-5-4-6-11(15)12(9)16-7-10-8-17(2)14(20)18(3)13(10)19/h4-6,8,16H,7H2,1-3H3. The van der Waals surface area contributed by atoms with Crippen LogP contribution >= 0.6 is 0 Å². The Bertz CT molecular complexity index is 742. The van der Waals surface area contributed by atoms with Gasteiger partial charge in [0, 0.05) is 26.8 Å². The van der Waals surface area contributed by atoms with E-state index in [1.165, 1.54) is 23.9 Å². The molecule has 0 bridgehead atoms. The molecular formula is C14H16FN3O2. The summed E-state index contributed by atoms with van der Waals surface area (Å²) in [5.74, 6) is -0.369. The number of hydrogen-bond donors (Lipinski definition) is 1. The second-order valence-electron chi connectivity index (χ2n) is 4.70. The van der Waals surface area contributed by atoms with E-state index >= 15 is 0 Å². The summed E-state index contributed by atoms with van der Waals surface area (Å²) in [6.07, 6.45) is 1.47. The molecule has 6 heteroatoms. The molecule has 20 heavy (non-hydrogen) atoms. The maximum Gasteiger partial charge on any atom is 0.330 e. The molecule has 0 aliphatic rings. The fourth-order valence-corrected chi connectivity index (χ4v) is 2.04. The Kier molecular flexibility index (Phi) is 3.74. The van der Waals surface area contributed by atoms with Crippen LogP contribution in [-0.2, 0) is 20.6 Å². The topological polar surface area (TPSA) is 56.0 Å². The summed E-state index contributed by atoms with van der Waals surface area (Å²) in [7, 11) is 2.99. The molecule has 0 radical (unpaired) electrons. The van der Waals surface area contributed by atoms with Crippen molar-refractivity contribution in [2.24, 2.45) is 14.1 Å². The number of nitrogens with one attached hydrogen (secondary N) is 1. The monoisotopic (exact) mass is 277 g/mol. The fraction of sp³-hybridized carbons (Fsp3) is 0.286. The van der Waals surface area contributed by atoms with E-state index in [4.69, 9.17) is 0 Å². The molecule has 0 amide bonds.